The van der Waals surface area contributed by atoms with Crippen molar-refractivity contribution >= 4 is 22.6 Å². The molecule has 1 aromatic heterocycles. The monoisotopic (exact) mass is 282 g/mol. The number of halogens is 2. The van der Waals surface area contributed by atoms with Crippen molar-refractivity contribution in [3.63, 3.8) is 0 Å². The molecule has 0 unspecified atom stereocenters. The Morgan fingerprint density at radius 2 is 1.92 bits per heavy atom. The first-order valence-electron chi connectivity index (χ1n) is 3.72. The minimum Gasteiger partial charge on any atom is -0.268 e. The van der Waals surface area contributed by atoms with Gasteiger partial charge in [0.25, 0.3) is 0 Å². The second-order valence-electron chi connectivity index (χ2n) is 3.83. The molecule has 0 aliphatic rings. The predicted molar refractivity (Wildman–Crippen MR) is 54.6 cm³/mol. The molecule has 0 aliphatic carbocycles. The molecule has 0 bridgehead atoms. The Hall–Kier alpha value is -0.130. The summed E-state index contributed by atoms with van der Waals surface area (Å²) in [7, 11) is 1.77. The predicted octanol–water partition coefficient (Wildman–Crippen LogP) is 2.46. The summed E-state index contributed by atoms with van der Waals surface area (Å²) in [6.07, 6.45) is 0. The van der Waals surface area contributed by atoms with E-state index in [0.29, 0.717) is 9.39 Å². The van der Waals surface area contributed by atoms with Crippen molar-refractivity contribution in [3.05, 3.63) is 15.2 Å². The van der Waals surface area contributed by atoms with Gasteiger partial charge in [-0.25, -0.2) is 4.39 Å². The van der Waals surface area contributed by atoms with Gasteiger partial charge < -0.3 is 0 Å². The van der Waals surface area contributed by atoms with Crippen molar-refractivity contribution in [1.29, 1.82) is 0 Å². The van der Waals surface area contributed by atoms with Crippen molar-refractivity contribution in [2.24, 2.45) is 7.05 Å². The molecule has 0 saturated carbocycles. The molecule has 1 rings (SSSR count). The van der Waals surface area contributed by atoms with E-state index in [-0.39, 0.29) is 11.2 Å². The standard InChI is InChI=1S/C8H12FIN2/c1-8(2,3)6-5(9)7(10)11-12(6)4/h1-4H3. The minimum absolute atomic E-state index is 0.185. The number of aryl methyl sites for hydroxylation is 1. The van der Waals surface area contributed by atoms with Crippen LogP contribution in [0.15, 0.2) is 0 Å². The maximum atomic E-state index is 13.4. The first-order valence-corrected chi connectivity index (χ1v) is 4.80. The Morgan fingerprint density at radius 3 is 2.08 bits per heavy atom. The summed E-state index contributed by atoms with van der Waals surface area (Å²) >= 11 is 1.90. The summed E-state index contributed by atoms with van der Waals surface area (Å²) in [5, 5.41) is 4.01. The molecule has 2 nitrogen and oxygen atoms in total. The lowest BCUT2D eigenvalue weighted by Crippen LogP contribution is -2.18. The molecule has 0 atom stereocenters. The fourth-order valence-electron chi connectivity index (χ4n) is 1.28. The smallest absolute Gasteiger partial charge is 0.178 e. The molecule has 0 saturated heterocycles. The maximum absolute atomic E-state index is 13.4. The lowest BCUT2D eigenvalue weighted by Gasteiger charge is -2.18. The topological polar surface area (TPSA) is 17.8 Å². The van der Waals surface area contributed by atoms with Gasteiger partial charge in [0.15, 0.2) is 9.52 Å². The third kappa shape index (κ3) is 1.62. The van der Waals surface area contributed by atoms with Crippen molar-refractivity contribution in [3.8, 4) is 0 Å². The largest absolute Gasteiger partial charge is 0.268 e. The van der Waals surface area contributed by atoms with E-state index in [1.54, 1.807) is 11.7 Å². The van der Waals surface area contributed by atoms with Gasteiger partial charge in [-0.15, -0.1) is 0 Å². The first kappa shape index (κ1) is 9.95. The summed E-state index contributed by atoms with van der Waals surface area (Å²) in [5.74, 6) is -0.189. The highest BCUT2D eigenvalue weighted by Crippen LogP contribution is 2.26. The summed E-state index contributed by atoms with van der Waals surface area (Å²) in [4.78, 5) is 0. The van der Waals surface area contributed by atoms with E-state index >= 15 is 0 Å². The van der Waals surface area contributed by atoms with Crippen LogP contribution in [-0.2, 0) is 12.5 Å². The van der Waals surface area contributed by atoms with E-state index in [4.69, 9.17) is 0 Å². The molecular weight excluding hydrogens is 270 g/mol. The molecule has 4 heteroatoms. The highest BCUT2D eigenvalue weighted by Gasteiger charge is 2.25. The Bertz CT molecular complexity index is 299. The summed E-state index contributed by atoms with van der Waals surface area (Å²) in [6, 6.07) is 0. The lowest BCUT2D eigenvalue weighted by molar-refractivity contribution is 0.481. The van der Waals surface area contributed by atoms with Gasteiger partial charge in [0.2, 0.25) is 0 Å². The van der Waals surface area contributed by atoms with Gasteiger partial charge in [-0.3, -0.25) is 4.68 Å². The van der Waals surface area contributed by atoms with Crippen LogP contribution in [0.4, 0.5) is 4.39 Å². The van der Waals surface area contributed by atoms with E-state index < -0.39 is 0 Å². The van der Waals surface area contributed by atoms with E-state index in [2.05, 4.69) is 5.10 Å². The molecule has 0 aromatic carbocycles. The average molecular weight is 282 g/mol. The molecule has 0 fully saturated rings. The molecule has 12 heavy (non-hydrogen) atoms. The van der Waals surface area contributed by atoms with Crippen LogP contribution in [-0.4, -0.2) is 9.78 Å². The zero-order valence-electron chi connectivity index (χ0n) is 7.65. The maximum Gasteiger partial charge on any atom is 0.178 e. The minimum atomic E-state index is -0.189. The second kappa shape index (κ2) is 2.97. The van der Waals surface area contributed by atoms with Crippen molar-refractivity contribution < 1.29 is 4.39 Å². The summed E-state index contributed by atoms with van der Waals surface area (Å²) < 4.78 is 15.5. The Kier molecular flexibility index (Phi) is 2.47. The fraction of sp³-hybridized carbons (Fsp3) is 0.625. The highest BCUT2D eigenvalue weighted by atomic mass is 127. The Labute approximate surface area is 85.3 Å². The molecule has 0 aliphatic heterocycles. The number of nitrogens with zero attached hydrogens (tertiary/aromatic N) is 2. The number of hydrogen-bond donors (Lipinski definition) is 0. The Balaban J connectivity index is 3.32. The molecule has 0 radical (unpaired) electrons. The average Bonchev–Trinajstić information content (AvgIpc) is 2.05. The van der Waals surface area contributed by atoms with Crippen molar-refractivity contribution in [1.82, 2.24) is 9.78 Å². The van der Waals surface area contributed by atoms with Gasteiger partial charge >= 0.3 is 0 Å². The number of rotatable bonds is 0. The first-order chi connectivity index (χ1) is 5.34. The van der Waals surface area contributed by atoms with Crippen LogP contribution in [0.25, 0.3) is 0 Å². The van der Waals surface area contributed by atoms with Crippen LogP contribution in [0.1, 0.15) is 26.5 Å². The van der Waals surface area contributed by atoms with Gasteiger partial charge in [0, 0.05) is 12.5 Å². The fourth-order valence-corrected chi connectivity index (χ4v) is 1.86. The van der Waals surface area contributed by atoms with Crippen LogP contribution in [0.2, 0.25) is 0 Å². The van der Waals surface area contributed by atoms with E-state index in [1.807, 2.05) is 43.4 Å². The van der Waals surface area contributed by atoms with Gasteiger partial charge in [-0.2, -0.15) is 5.10 Å². The molecule has 0 N–H and O–H groups in total. The zero-order chi connectivity index (χ0) is 9.52. The SMILES string of the molecule is Cn1nc(I)c(F)c1C(C)(C)C. The van der Waals surface area contributed by atoms with Crippen LogP contribution in [0, 0.1) is 9.52 Å². The van der Waals surface area contributed by atoms with E-state index in [0.717, 1.165) is 0 Å². The van der Waals surface area contributed by atoms with Gasteiger partial charge in [0.1, 0.15) is 0 Å². The summed E-state index contributed by atoms with van der Waals surface area (Å²) in [5.41, 5.74) is 0.474. The van der Waals surface area contributed by atoms with E-state index in [9.17, 15) is 4.39 Å². The van der Waals surface area contributed by atoms with Crippen LogP contribution < -0.4 is 0 Å². The number of hydrogen-bond acceptors (Lipinski definition) is 1. The lowest BCUT2D eigenvalue weighted by atomic mass is 9.92. The third-order valence-corrected chi connectivity index (χ3v) is 2.35. The van der Waals surface area contributed by atoms with E-state index in [1.165, 1.54) is 0 Å². The van der Waals surface area contributed by atoms with Crippen molar-refractivity contribution in [2.45, 2.75) is 26.2 Å². The second-order valence-corrected chi connectivity index (χ2v) is 4.85. The quantitative estimate of drug-likeness (QED) is 0.668. The van der Waals surface area contributed by atoms with Crippen molar-refractivity contribution in [2.75, 3.05) is 0 Å². The van der Waals surface area contributed by atoms with Gasteiger partial charge in [0.05, 0.1) is 5.69 Å². The molecule has 0 amide bonds. The third-order valence-electron chi connectivity index (χ3n) is 1.66. The van der Waals surface area contributed by atoms with Crippen LogP contribution >= 0.6 is 22.6 Å². The van der Waals surface area contributed by atoms with Crippen LogP contribution in [0.3, 0.4) is 0 Å². The van der Waals surface area contributed by atoms with Gasteiger partial charge in [-0.05, 0) is 22.6 Å². The number of aromatic nitrogens is 2. The zero-order valence-corrected chi connectivity index (χ0v) is 9.81. The molecule has 1 aromatic rings. The summed E-state index contributed by atoms with van der Waals surface area (Å²) in [6.45, 7) is 5.93. The van der Waals surface area contributed by atoms with Crippen LogP contribution in [0.5, 0.6) is 0 Å². The molecule has 68 valence electrons. The molecule has 1 heterocycles. The highest BCUT2D eigenvalue weighted by molar-refractivity contribution is 14.1. The molecular formula is C8H12FIN2. The Morgan fingerprint density at radius 1 is 1.42 bits per heavy atom. The molecule has 0 spiro atoms. The normalized spacial score (nSPS) is 12.2. The van der Waals surface area contributed by atoms with Gasteiger partial charge in [-0.1, -0.05) is 20.8 Å².